The summed E-state index contributed by atoms with van der Waals surface area (Å²) in [5.41, 5.74) is 4.31. The van der Waals surface area contributed by atoms with Crippen molar-refractivity contribution in [2.45, 2.75) is 0 Å². The molecule has 0 saturated heterocycles. The van der Waals surface area contributed by atoms with Crippen molar-refractivity contribution in [3.05, 3.63) is 95.1 Å². The van der Waals surface area contributed by atoms with Crippen LogP contribution in [-0.2, 0) is 4.74 Å². The molecule has 0 N–H and O–H groups in total. The summed E-state index contributed by atoms with van der Waals surface area (Å²) in [7, 11) is 0. The first-order valence-electron chi connectivity index (χ1n) is 7.79. The van der Waals surface area contributed by atoms with E-state index in [-0.39, 0.29) is 0 Å². The molecule has 25 heavy (non-hydrogen) atoms. The number of hydrogen-bond donors (Lipinski definition) is 0. The predicted octanol–water partition coefficient (Wildman–Crippen LogP) is 4.06. The Labute approximate surface area is 144 Å². The molecule has 0 amide bonds. The van der Waals surface area contributed by atoms with Crippen LogP contribution in [0, 0.1) is 11.8 Å². The van der Waals surface area contributed by atoms with E-state index in [0.717, 1.165) is 22.3 Å². The Morgan fingerprint density at radius 2 is 1.20 bits per heavy atom. The Bertz CT molecular complexity index is 1040. The summed E-state index contributed by atoms with van der Waals surface area (Å²) >= 11 is 0. The third-order valence-corrected chi connectivity index (χ3v) is 3.99. The molecule has 0 unspecified atom stereocenters. The highest BCUT2D eigenvalue weighted by Gasteiger charge is 2.29. The SMILES string of the molecule is O=C1OC(=O)c2cc(-c3ccc(C#Cc4ccccc4)cc3)ccc21. The molecule has 1 aliphatic rings. The van der Waals surface area contributed by atoms with Gasteiger partial charge in [-0.1, -0.05) is 48.2 Å². The molecule has 0 atom stereocenters. The number of rotatable bonds is 1. The highest BCUT2D eigenvalue weighted by Crippen LogP contribution is 2.27. The lowest BCUT2D eigenvalue weighted by atomic mass is 9.99. The van der Waals surface area contributed by atoms with Gasteiger partial charge in [0.1, 0.15) is 0 Å². The highest BCUT2D eigenvalue weighted by atomic mass is 16.6. The molecule has 118 valence electrons. The summed E-state index contributed by atoms with van der Waals surface area (Å²) < 4.78 is 4.62. The van der Waals surface area contributed by atoms with Gasteiger partial charge in [0, 0.05) is 11.1 Å². The molecule has 4 rings (SSSR count). The average molecular weight is 324 g/mol. The van der Waals surface area contributed by atoms with Gasteiger partial charge >= 0.3 is 11.9 Å². The number of fused-ring (bicyclic) bond motifs is 1. The van der Waals surface area contributed by atoms with Crippen molar-refractivity contribution in [3.8, 4) is 23.0 Å². The van der Waals surface area contributed by atoms with Gasteiger partial charge < -0.3 is 4.74 Å². The van der Waals surface area contributed by atoms with Crippen LogP contribution in [0.15, 0.2) is 72.8 Å². The smallest absolute Gasteiger partial charge is 0.346 e. The Morgan fingerprint density at radius 3 is 1.92 bits per heavy atom. The van der Waals surface area contributed by atoms with E-state index in [2.05, 4.69) is 16.6 Å². The van der Waals surface area contributed by atoms with Crippen LogP contribution in [0.5, 0.6) is 0 Å². The molecule has 0 saturated carbocycles. The van der Waals surface area contributed by atoms with Gasteiger partial charge in [0.25, 0.3) is 0 Å². The molecule has 3 heteroatoms. The van der Waals surface area contributed by atoms with Crippen molar-refractivity contribution < 1.29 is 14.3 Å². The van der Waals surface area contributed by atoms with Crippen LogP contribution < -0.4 is 0 Å². The van der Waals surface area contributed by atoms with Crippen LogP contribution in [-0.4, -0.2) is 11.9 Å². The van der Waals surface area contributed by atoms with Crippen molar-refractivity contribution in [1.82, 2.24) is 0 Å². The molecule has 0 aromatic heterocycles. The van der Waals surface area contributed by atoms with Crippen LogP contribution in [0.1, 0.15) is 31.8 Å². The molecular formula is C22H12O3. The van der Waals surface area contributed by atoms with Crippen molar-refractivity contribution in [3.63, 3.8) is 0 Å². The molecule has 3 nitrogen and oxygen atoms in total. The minimum absolute atomic E-state index is 0.315. The lowest BCUT2D eigenvalue weighted by Gasteiger charge is -2.03. The first-order chi connectivity index (χ1) is 12.2. The minimum atomic E-state index is -0.591. The van der Waals surface area contributed by atoms with Crippen LogP contribution in [0.2, 0.25) is 0 Å². The third kappa shape index (κ3) is 2.93. The fraction of sp³-hybridized carbons (Fsp3) is 0. The topological polar surface area (TPSA) is 43.4 Å². The molecular weight excluding hydrogens is 312 g/mol. The van der Waals surface area contributed by atoms with E-state index in [0.29, 0.717) is 11.1 Å². The summed E-state index contributed by atoms with van der Waals surface area (Å²) in [6.07, 6.45) is 0. The second-order valence-corrected chi connectivity index (χ2v) is 5.63. The molecule has 1 aliphatic heterocycles. The van der Waals surface area contributed by atoms with Gasteiger partial charge in [-0.3, -0.25) is 0 Å². The van der Waals surface area contributed by atoms with Crippen molar-refractivity contribution in [1.29, 1.82) is 0 Å². The zero-order valence-electron chi connectivity index (χ0n) is 13.2. The lowest BCUT2D eigenvalue weighted by Crippen LogP contribution is -1.96. The summed E-state index contributed by atoms with van der Waals surface area (Å²) in [4.78, 5) is 23.2. The zero-order valence-corrected chi connectivity index (χ0v) is 13.2. The summed E-state index contributed by atoms with van der Waals surface area (Å²) in [6.45, 7) is 0. The predicted molar refractivity (Wildman–Crippen MR) is 94.0 cm³/mol. The van der Waals surface area contributed by atoms with Gasteiger partial charge in [-0.05, 0) is 47.5 Å². The van der Waals surface area contributed by atoms with Crippen LogP contribution in [0.3, 0.4) is 0 Å². The van der Waals surface area contributed by atoms with Gasteiger partial charge in [-0.15, -0.1) is 0 Å². The summed E-state index contributed by atoms with van der Waals surface area (Å²) in [5, 5.41) is 0. The molecule has 3 aromatic carbocycles. The number of carbonyl (C=O) groups is 2. The number of ether oxygens (including phenoxy) is 1. The van der Waals surface area contributed by atoms with E-state index in [1.54, 1.807) is 12.1 Å². The fourth-order valence-electron chi connectivity index (χ4n) is 2.68. The van der Waals surface area contributed by atoms with Crippen molar-refractivity contribution in [2.24, 2.45) is 0 Å². The van der Waals surface area contributed by atoms with Gasteiger partial charge in [0.15, 0.2) is 0 Å². The van der Waals surface area contributed by atoms with Crippen molar-refractivity contribution in [2.75, 3.05) is 0 Å². The molecule has 0 bridgehead atoms. The number of esters is 2. The maximum Gasteiger partial charge on any atom is 0.346 e. The Morgan fingerprint density at radius 1 is 0.600 bits per heavy atom. The molecule has 0 fully saturated rings. The highest BCUT2D eigenvalue weighted by molar-refractivity contribution is 6.15. The van der Waals surface area contributed by atoms with E-state index in [9.17, 15) is 9.59 Å². The first-order valence-corrected chi connectivity index (χ1v) is 7.79. The summed E-state index contributed by atoms with van der Waals surface area (Å²) in [5.74, 6) is 5.07. The molecule has 0 aliphatic carbocycles. The Balaban J connectivity index is 1.61. The normalized spacial score (nSPS) is 12.2. The molecule has 3 aromatic rings. The van der Waals surface area contributed by atoms with E-state index < -0.39 is 11.9 Å². The number of cyclic esters (lactones) is 2. The molecule has 0 spiro atoms. The maximum absolute atomic E-state index is 11.7. The zero-order chi connectivity index (χ0) is 17.2. The second-order valence-electron chi connectivity index (χ2n) is 5.63. The largest absolute Gasteiger partial charge is 0.386 e. The van der Waals surface area contributed by atoms with Gasteiger partial charge in [0.2, 0.25) is 0 Å². The van der Waals surface area contributed by atoms with Gasteiger partial charge in [-0.2, -0.15) is 0 Å². The van der Waals surface area contributed by atoms with E-state index in [1.807, 2.05) is 60.7 Å². The average Bonchev–Trinajstić information content (AvgIpc) is 2.95. The fourth-order valence-corrected chi connectivity index (χ4v) is 2.68. The number of carbonyl (C=O) groups excluding carboxylic acids is 2. The third-order valence-electron chi connectivity index (χ3n) is 3.99. The van der Waals surface area contributed by atoms with Crippen molar-refractivity contribution >= 4 is 11.9 Å². The van der Waals surface area contributed by atoms with E-state index in [4.69, 9.17) is 0 Å². The monoisotopic (exact) mass is 324 g/mol. The lowest BCUT2D eigenvalue weighted by molar-refractivity contribution is 0.0444. The Kier molecular flexibility index (Phi) is 3.64. The van der Waals surface area contributed by atoms with Crippen LogP contribution in [0.25, 0.3) is 11.1 Å². The number of hydrogen-bond acceptors (Lipinski definition) is 3. The Hall–Kier alpha value is -3.64. The van der Waals surface area contributed by atoms with Gasteiger partial charge in [-0.25, -0.2) is 9.59 Å². The minimum Gasteiger partial charge on any atom is -0.386 e. The quantitative estimate of drug-likeness (QED) is 0.385. The maximum atomic E-state index is 11.7. The molecule has 1 heterocycles. The van der Waals surface area contributed by atoms with E-state index in [1.165, 1.54) is 0 Å². The second kappa shape index (κ2) is 6.10. The molecule has 0 radical (unpaired) electrons. The summed E-state index contributed by atoms with van der Waals surface area (Å²) in [6, 6.07) is 22.7. The number of benzene rings is 3. The van der Waals surface area contributed by atoms with Crippen LogP contribution in [0.4, 0.5) is 0 Å². The van der Waals surface area contributed by atoms with Crippen LogP contribution >= 0.6 is 0 Å². The van der Waals surface area contributed by atoms with Gasteiger partial charge in [0.05, 0.1) is 11.1 Å². The van der Waals surface area contributed by atoms with E-state index >= 15 is 0 Å². The first kappa shape index (κ1) is 14.9. The standard InChI is InChI=1S/C22H12O3/c23-21-19-13-12-18(14-20(19)22(24)25-21)17-10-8-16(9-11-17)7-6-15-4-2-1-3-5-15/h1-5,8-14H.